The van der Waals surface area contributed by atoms with Gasteiger partial charge in [-0.3, -0.25) is 4.79 Å². The van der Waals surface area contributed by atoms with Gasteiger partial charge in [-0.1, -0.05) is 13.8 Å². The first-order chi connectivity index (χ1) is 19.2. The summed E-state index contributed by atoms with van der Waals surface area (Å²) in [5, 5.41) is 45.1. The fraction of sp³-hybridized carbons (Fsp3) is 0.871. The molecule has 6 aliphatic rings. The Morgan fingerprint density at radius 1 is 1.02 bits per heavy atom. The Labute approximate surface area is 241 Å². The quantitative estimate of drug-likeness (QED) is 0.288. The summed E-state index contributed by atoms with van der Waals surface area (Å²) in [5.74, 6) is -1.15. The highest BCUT2D eigenvalue weighted by Gasteiger charge is 2.72. The molecule has 4 N–H and O–H groups in total. The first-order valence-corrected chi connectivity index (χ1v) is 15.4. The highest BCUT2D eigenvalue weighted by molar-refractivity contribution is 5.85. The lowest BCUT2D eigenvalue weighted by molar-refractivity contribution is -0.290. The average molecular weight is 579 g/mol. The number of aliphatic hydroxyl groups excluding tert-OH is 2. The van der Waals surface area contributed by atoms with Crippen molar-refractivity contribution in [2.45, 2.75) is 133 Å². The Kier molecular flexibility index (Phi) is 7.19. The molecule has 0 bridgehead atoms. The van der Waals surface area contributed by atoms with Crippen molar-refractivity contribution < 1.29 is 49.0 Å². The first-order valence-electron chi connectivity index (χ1n) is 15.4. The van der Waals surface area contributed by atoms with E-state index < -0.39 is 64.7 Å². The van der Waals surface area contributed by atoms with Crippen molar-refractivity contribution in [3.8, 4) is 0 Å². The van der Waals surface area contributed by atoms with Crippen LogP contribution in [0.5, 0.6) is 0 Å². The van der Waals surface area contributed by atoms with Gasteiger partial charge >= 0.3 is 11.9 Å². The largest absolute Gasteiger partial charge is 0.462 e. The molecule has 2 aliphatic heterocycles. The van der Waals surface area contributed by atoms with Gasteiger partial charge in [0.15, 0.2) is 6.29 Å². The second-order valence-corrected chi connectivity index (χ2v) is 14.3. The molecular weight excluding hydrogens is 532 g/mol. The molecule has 2 heterocycles. The molecule has 0 spiro atoms. The molecule has 5 fully saturated rings. The van der Waals surface area contributed by atoms with Gasteiger partial charge in [-0.25, -0.2) is 4.79 Å². The second kappa shape index (κ2) is 9.99. The zero-order chi connectivity index (χ0) is 29.5. The molecule has 230 valence electrons. The maximum Gasteiger partial charge on any atom is 0.331 e. The number of aliphatic hydroxyl groups is 4. The van der Waals surface area contributed by atoms with Crippen LogP contribution >= 0.6 is 0 Å². The first kappa shape index (κ1) is 29.5. The molecule has 0 amide bonds. The molecule has 0 aromatic heterocycles. The molecule has 10 nitrogen and oxygen atoms in total. The molecule has 6 rings (SSSR count). The standard InChI is InChI=1S/C31H46O10/c1-16-27(35)22(33)12-25(39-16)41-19-5-8-28(3)20-6-9-29(4)26(18-11-24(34)38-15-18)23(40-17(2)32)14-31(29,37)21(20)7-10-30(28,36)13-19/h11,16,19-23,25-27,33,35-37H,5-10,12-15H2,1-4H3/t16-,19+,20+,21-,22+,23+,25+,26+,27-,28-,29-,30+,31+/m1/s1. The Hall–Kier alpha value is -1.56. The van der Waals surface area contributed by atoms with Gasteiger partial charge in [0.25, 0.3) is 0 Å². The number of carbonyl (C=O) groups is 2. The summed E-state index contributed by atoms with van der Waals surface area (Å²) in [6.07, 6.45) is 2.69. The molecular formula is C31H46O10. The zero-order valence-electron chi connectivity index (χ0n) is 24.6. The number of esters is 2. The average Bonchev–Trinajstić information content (AvgIpc) is 3.39. The van der Waals surface area contributed by atoms with Crippen LogP contribution in [0.2, 0.25) is 0 Å². The second-order valence-electron chi connectivity index (χ2n) is 14.3. The molecule has 4 saturated carbocycles. The number of fused-ring (bicyclic) bond motifs is 5. The summed E-state index contributed by atoms with van der Waals surface area (Å²) < 4.78 is 23.1. The van der Waals surface area contributed by atoms with E-state index in [1.54, 1.807) is 6.92 Å². The van der Waals surface area contributed by atoms with E-state index in [0.717, 1.165) is 24.8 Å². The Balaban J connectivity index is 1.23. The highest BCUT2D eigenvalue weighted by atomic mass is 16.7. The third-order valence-electron chi connectivity index (χ3n) is 12.4. The maximum atomic E-state index is 12.7. The Morgan fingerprint density at radius 3 is 2.39 bits per heavy atom. The lowest BCUT2D eigenvalue weighted by Gasteiger charge is -2.66. The molecule has 41 heavy (non-hydrogen) atoms. The molecule has 4 aliphatic carbocycles. The van der Waals surface area contributed by atoms with Gasteiger partial charge in [0.05, 0.1) is 29.5 Å². The third-order valence-corrected chi connectivity index (χ3v) is 12.4. The molecule has 0 aromatic rings. The summed E-state index contributed by atoms with van der Waals surface area (Å²) in [6, 6.07) is 0. The minimum absolute atomic E-state index is 0.0652. The van der Waals surface area contributed by atoms with Crippen LogP contribution < -0.4 is 0 Å². The monoisotopic (exact) mass is 578 g/mol. The lowest BCUT2D eigenvalue weighted by Crippen LogP contribution is -2.67. The van der Waals surface area contributed by atoms with Crippen LogP contribution in [0.25, 0.3) is 0 Å². The van der Waals surface area contributed by atoms with E-state index in [1.807, 2.05) is 0 Å². The van der Waals surface area contributed by atoms with E-state index in [1.165, 1.54) is 13.0 Å². The van der Waals surface area contributed by atoms with E-state index in [2.05, 4.69) is 13.8 Å². The van der Waals surface area contributed by atoms with Crippen LogP contribution in [0.1, 0.15) is 85.5 Å². The van der Waals surface area contributed by atoms with Crippen LogP contribution in [-0.4, -0.2) is 87.0 Å². The molecule has 1 saturated heterocycles. The Morgan fingerprint density at radius 2 is 1.73 bits per heavy atom. The van der Waals surface area contributed by atoms with Crippen molar-refractivity contribution in [1.29, 1.82) is 0 Å². The van der Waals surface area contributed by atoms with Crippen molar-refractivity contribution in [2.24, 2.45) is 28.6 Å². The summed E-state index contributed by atoms with van der Waals surface area (Å²) in [7, 11) is 0. The number of ether oxygens (including phenoxy) is 4. The number of hydrogen-bond acceptors (Lipinski definition) is 10. The van der Waals surface area contributed by atoms with E-state index >= 15 is 0 Å². The van der Waals surface area contributed by atoms with Gasteiger partial charge in [-0.05, 0) is 68.3 Å². The van der Waals surface area contributed by atoms with Gasteiger partial charge in [-0.2, -0.15) is 0 Å². The van der Waals surface area contributed by atoms with E-state index in [9.17, 15) is 30.0 Å². The summed E-state index contributed by atoms with van der Waals surface area (Å²) in [5.41, 5.74) is -2.38. The minimum Gasteiger partial charge on any atom is -0.462 e. The van der Waals surface area contributed by atoms with Gasteiger partial charge in [0.2, 0.25) is 0 Å². The fourth-order valence-corrected chi connectivity index (χ4v) is 10.2. The topological polar surface area (TPSA) is 152 Å². The van der Waals surface area contributed by atoms with Gasteiger partial charge in [-0.15, -0.1) is 0 Å². The third kappa shape index (κ3) is 4.42. The number of rotatable bonds is 4. The fourth-order valence-electron chi connectivity index (χ4n) is 10.2. The van der Waals surface area contributed by atoms with Crippen molar-refractivity contribution in [2.75, 3.05) is 6.61 Å². The smallest absolute Gasteiger partial charge is 0.331 e. The van der Waals surface area contributed by atoms with Crippen molar-refractivity contribution >= 4 is 11.9 Å². The van der Waals surface area contributed by atoms with Gasteiger partial charge in [0.1, 0.15) is 18.8 Å². The molecule has 10 heteroatoms. The maximum absolute atomic E-state index is 12.7. The van der Waals surface area contributed by atoms with Crippen LogP contribution in [0.3, 0.4) is 0 Å². The SMILES string of the molecule is CC(=O)O[C@H]1C[C@]2(O)[C@@H]3CC[C@]4(O)C[C@@H](O[C@H]5C[C@H](O)[C@H](O)[C@@H](C)O5)CC[C@]4(C)[C@H]3CC[C@]2(C)[C@H]1C1=CC(=O)OC1. The predicted octanol–water partition coefficient (Wildman–Crippen LogP) is 2.14. The number of cyclic esters (lactones) is 1. The van der Waals surface area contributed by atoms with E-state index in [0.29, 0.717) is 32.1 Å². The number of hydrogen-bond donors (Lipinski definition) is 4. The highest BCUT2D eigenvalue weighted by Crippen LogP contribution is 2.71. The van der Waals surface area contributed by atoms with Crippen molar-refractivity contribution in [1.82, 2.24) is 0 Å². The van der Waals surface area contributed by atoms with Crippen molar-refractivity contribution in [3.05, 3.63) is 11.6 Å². The molecule has 0 radical (unpaired) electrons. The number of carbonyl (C=O) groups excluding carboxylic acids is 2. The van der Waals surface area contributed by atoms with Crippen molar-refractivity contribution in [3.63, 3.8) is 0 Å². The van der Waals surface area contributed by atoms with Gasteiger partial charge in [0, 0.05) is 43.6 Å². The molecule has 0 unspecified atom stereocenters. The van der Waals surface area contributed by atoms with Crippen LogP contribution in [0.4, 0.5) is 0 Å². The van der Waals surface area contributed by atoms with Gasteiger partial charge < -0.3 is 39.4 Å². The van der Waals surface area contributed by atoms with Crippen LogP contribution in [-0.2, 0) is 28.5 Å². The zero-order valence-corrected chi connectivity index (χ0v) is 24.6. The molecule has 0 aromatic carbocycles. The van der Waals surface area contributed by atoms with E-state index in [4.69, 9.17) is 18.9 Å². The Bertz CT molecular complexity index is 1100. The lowest BCUT2D eigenvalue weighted by atomic mass is 9.42. The normalized spacial score (nSPS) is 53.0. The summed E-state index contributed by atoms with van der Waals surface area (Å²) in [4.78, 5) is 24.1. The summed E-state index contributed by atoms with van der Waals surface area (Å²) in [6.45, 7) is 7.48. The minimum atomic E-state index is -1.13. The van der Waals surface area contributed by atoms with Crippen LogP contribution in [0.15, 0.2) is 11.6 Å². The predicted molar refractivity (Wildman–Crippen MR) is 144 cm³/mol. The molecule has 13 atom stereocenters. The van der Waals surface area contributed by atoms with E-state index in [-0.39, 0.29) is 36.9 Å². The van der Waals surface area contributed by atoms with Crippen LogP contribution in [0, 0.1) is 28.6 Å². The summed E-state index contributed by atoms with van der Waals surface area (Å²) >= 11 is 0.